The minimum Gasteiger partial charge on any atom is -0.479 e. The molecule has 0 bridgehead atoms. The van der Waals surface area contributed by atoms with Crippen LogP contribution in [0, 0.1) is 0 Å². The van der Waals surface area contributed by atoms with Gasteiger partial charge in [-0.25, -0.2) is 0 Å². The highest BCUT2D eigenvalue weighted by Crippen LogP contribution is 2.18. The molecule has 0 aliphatic heterocycles. The summed E-state index contributed by atoms with van der Waals surface area (Å²) in [6.45, 7) is 0.514. The molecular formula is C21H21ClN4O3. The van der Waals surface area contributed by atoms with E-state index < -0.39 is 0 Å². The number of benzene rings is 2. The number of nitrogens with zero attached hydrogens (tertiary/aromatic N) is 2. The van der Waals surface area contributed by atoms with E-state index in [0.29, 0.717) is 34.8 Å². The number of ether oxygens (including phenoxy) is 1. The smallest absolute Gasteiger partial charge is 0.262 e. The quantitative estimate of drug-likeness (QED) is 0.623. The van der Waals surface area contributed by atoms with Gasteiger partial charge in [0.1, 0.15) is 5.56 Å². The van der Waals surface area contributed by atoms with Crippen LogP contribution in [-0.4, -0.2) is 35.2 Å². The molecule has 1 aromatic heterocycles. The monoisotopic (exact) mass is 412 g/mol. The summed E-state index contributed by atoms with van der Waals surface area (Å²) in [6.07, 6.45) is 2.29. The molecule has 7 nitrogen and oxygen atoms in total. The number of rotatable bonds is 7. The van der Waals surface area contributed by atoms with Crippen LogP contribution in [0.1, 0.15) is 26.3 Å². The number of nitrogens with one attached hydrogen (secondary N) is 2. The summed E-state index contributed by atoms with van der Waals surface area (Å²) in [4.78, 5) is 24.7. The van der Waals surface area contributed by atoms with E-state index in [9.17, 15) is 9.59 Å². The lowest BCUT2D eigenvalue weighted by molar-refractivity contribution is 0.0953. The fourth-order valence-corrected chi connectivity index (χ4v) is 2.88. The standard InChI is InChI=1S/C21H21ClN4O3/c1-26-13-18(21(25-26)29-2)20(28)24-17-9-5-15(6-10-17)19(27)23-12-11-14-3-7-16(22)8-4-14/h3-10,13H,11-12H2,1-2H3,(H,23,27)(H,24,28). The summed E-state index contributed by atoms with van der Waals surface area (Å²) < 4.78 is 6.60. The molecule has 0 atom stereocenters. The molecule has 0 spiro atoms. The second kappa shape index (κ2) is 9.25. The highest BCUT2D eigenvalue weighted by atomic mass is 35.5. The predicted octanol–water partition coefficient (Wildman–Crippen LogP) is 3.31. The molecule has 3 rings (SSSR count). The van der Waals surface area contributed by atoms with Crippen molar-refractivity contribution in [3.8, 4) is 5.88 Å². The summed E-state index contributed by atoms with van der Waals surface area (Å²) >= 11 is 5.87. The van der Waals surface area contributed by atoms with Crippen LogP contribution in [-0.2, 0) is 13.5 Å². The van der Waals surface area contributed by atoms with Crippen LogP contribution >= 0.6 is 11.6 Å². The number of methoxy groups -OCH3 is 1. The molecule has 3 aromatic rings. The van der Waals surface area contributed by atoms with Gasteiger partial charge >= 0.3 is 0 Å². The highest BCUT2D eigenvalue weighted by molar-refractivity contribution is 6.30. The van der Waals surface area contributed by atoms with Gasteiger partial charge in [-0.1, -0.05) is 23.7 Å². The Morgan fingerprint density at radius 2 is 1.76 bits per heavy atom. The molecule has 8 heteroatoms. The first-order valence-electron chi connectivity index (χ1n) is 8.98. The first-order chi connectivity index (χ1) is 14.0. The van der Waals surface area contributed by atoms with Crippen molar-refractivity contribution in [3.63, 3.8) is 0 Å². The van der Waals surface area contributed by atoms with Crippen molar-refractivity contribution in [1.29, 1.82) is 0 Å². The molecule has 2 amide bonds. The van der Waals surface area contributed by atoms with Crippen LogP contribution in [0.2, 0.25) is 5.02 Å². The number of hydrogen-bond acceptors (Lipinski definition) is 4. The summed E-state index contributed by atoms with van der Waals surface area (Å²) in [7, 11) is 3.17. The summed E-state index contributed by atoms with van der Waals surface area (Å²) in [5.41, 5.74) is 2.51. The van der Waals surface area contributed by atoms with Crippen molar-refractivity contribution >= 4 is 29.1 Å². The van der Waals surface area contributed by atoms with E-state index in [1.54, 1.807) is 37.5 Å². The summed E-state index contributed by atoms with van der Waals surface area (Å²) in [5, 5.41) is 10.4. The molecule has 0 radical (unpaired) electrons. The van der Waals surface area contributed by atoms with Crippen molar-refractivity contribution in [2.75, 3.05) is 19.0 Å². The van der Waals surface area contributed by atoms with Gasteiger partial charge < -0.3 is 15.4 Å². The number of carbonyl (C=O) groups is 2. The number of carbonyl (C=O) groups excluding carboxylic acids is 2. The zero-order valence-electron chi connectivity index (χ0n) is 16.1. The molecule has 2 N–H and O–H groups in total. The SMILES string of the molecule is COc1nn(C)cc1C(=O)Nc1ccc(C(=O)NCCc2ccc(Cl)cc2)cc1. The first kappa shape index (κ1) is 20.4. The molecule has 0 saturated carbocycles. The third-order valence-electron chi connectivity index (χ3n) is 4.25. The minimum absolute atomic E-state index is 0.175. The molecule has 2 aromatic carbocycles. The second-order valence-electron chi connectivity index (χ2n) is 6.39. The van der Waals surface area contributed by atoms with Crippen LogP contribution in [0.25, 0.3) is 0 Å². The van der Waals surface area contributed by atoms with Gasteiger partial charge in [0, 0.05) is 36.1 Å². The summed E-state index contributed by atoms with van der Waals surface area (Å²) in [6, 6.07) is 14.2. The third-order valence-corrected chi connectivity index (χ3v) is 4.50. The molecule has 29 heavy (non-hydrogen) atoms. The molecule has 0 fully saturated rings. The summed E-state index contributed by atoms with van der Waals surface area (Å²) in [5.74, 6) is -0.262. The zero-order chi connectivity index (χ0) is 20.8. The Labute approximate surface area is 173 Å². The Kier molecular flexibility index (Phi) is 6.51. The Morgan fingerprint density at radius 1 is 1.07 bits per heavy atom. The molecule has 0 unspecified atom stereocenters. The van der Waals surface area contributed by atoms with Gasteiger partial charge in [0.2, 0.25) is 5.88 Å². The van der Waals surface area contributed by atoms with Crippen molar-refractivity contribution in [2.45, 2.75) is 6.42 Å². The molecule has 0 aliphatic carbocycles. The van der Waals surface area contributed by atoms with E-state index in [1.807, 2.05) is 24.3 Å². The molecule has 150 valence electrons. The van der Waals surface area contributed by atoms with E-state index in [2.05, 4.69) is 15.7 Å². The highest BCUT2D eigenvalue weighted by Gasteiger charge is 2.16. The topological polar surface area (TPSA) is 85.2 Å². The van der Waals surface area contributed by atoms with Crippen LogP contribution in [0.4, 0.5) is 5.69 Å². The number of anilines is 1. The van der Waals surface area contributed by atoms with Crippen LogP contribution in [0.3, 0.4) is 0 Å². The van der Waals surface area contributed by atoms with Crippen LogP contribution < -0.4 is 15.4 Å². The fourth-order valence-electron chi connectivity index (χ4n) is 2.75. The second-order valence-corrected chi connectivity index (χ2v) is 6.83. The predicted molar refractivity (Wildman–Crippen MR) is 112 cm³/mol. The molecule has 0 saturated heterocycles. The average molecular weight is 413 g/mol. The maximum absolute atomic E-state index is 12.4. The van der Waals surface area contributed by atoms with E-state index in [-0.39, 0.29) is 17.7 Å². The van der Waals surface area contributed by atoms with Gasteiger partial charge in [0.15, 0.2) is 0 Å². The maximum atomic E-state index is 12.4. The van der Waals surface area contributed by atoms with Crippen molar-refractivity contribution < 1.29 is 14.3 Å². The van der Waals surface area contributed by atoms with Gasteiger partial charge in [0.05, 0.1) is 7.11 Å². The Morgan fingerprint density at radius 3 is 2.41 bits per heavy atom. The maximum Gasteiger partial charge on any atom is 0.262 e. The van der Waals surface area contributed by atoms with E-state index in [1.165, 1.54) is 11.8 Å². The lowest BCUT2D eigenvalue weighted by Gasteiger charge is -2.08. The number of aryl methyl sites for hydroxylation is 1. The van der Waals surface area contributed by atoms with Gasteiger partial charge in [-0.05, 0) is 48.4 Å². The Balaban J connectivity index is 1.54. The first-order valence-corrected chi connectivity index (χ1v) is 9.36. The van der Waals surface area contributed by atoms with Crippen molar-refractivity contribution in [2.24, 2.45) is 7.05 Å². The largest absolute Gasteiger partial charge is 0.479 e. The van der Waals surface area contributed by atoms with Gasteiger partial charge in [0.25, 0.3) is 11.8 Å². The number of amides is 2. The lowest BCUT2D eigenvalue weighted by atomic mass is 10.1. The van der Waals surface area contributed by atoms with Crippen LogP contribution in [0.5, 0.6) is 5.88 Å². The van der Waals surface area contributed by atoms with Crippen molar-refractivity contribution in [3.05, 3.63) is 76.4 Å². The van der Waals surface area contributed by atoms with Gasteiger partial charge in [-0.15, -0.1) is 5.10 Å². The number of hydrogen-bond donors (Lipinski definition) is 2. The Hall–Kier alpha value is -3.32. The fraction of sp³-hybridized carbons (Fsp3) is 0.190. The number of halogens is 1. The normalized spacial score (nSPS) is 10.4. The minimum atomic E-state index is -0.338. The van der Waals surface area contributed by atoms with Crippen molar-refractivity contribution in [1.82, 2.24) is 15.1 Å². The molecular weight excluding hydrogens is 392 g/mol. The zero-order valence-corrected chi connectivity index (χ0v) is 16.9. The van der Waals surface area contributed by atoms with Gasteiger partial charge in [-0.3, -0.25) is 14.3 Å². The van der Waals surface area contributed by atoms with E-state index in [0.717, 1.165) is 5.56 Å². The Bertz CT molecular complexity index is 998. The van der Waals surface area contributed by atoms with E-state index in [4.69, 9.17) is 16.3 Å². The number of aromatic nitrogens is 2. The van der Waals surface area contributed by atoms with E-state index >= 15 is 0 Å². The lowest BCUT2D eigenvalue weighted by Crippen LogP contribution is -2.25. The molecule has 1 heterocycles. The van der Waals surface area contributed by atoms with Gasteiger partial charge in [-0.2, -0.15) is 0 Å². The molecule has 0 aliphatic rings. The average Bonchev–Trinajstić information content (AvgIpc) is 3.11. The third kappa shape index (κ3) is 5.36. The van der Waals surface area contributed by atoms with Crippen LogP contribution in [0.15, 0.2) is 54.7 Å².